The molecule has 1 aromatic carbocycles. The van der Waals surface area contributed by atoms with Gasteiger partial charge in [-0.05, 0) is 57.7 Å². The predicted molar refractivity (Wildman–Crippen MR) is 95.7 cm³/mol. The second-order valence-corrected chi connectivity index (χ2v) is 8.23. The number of benzene rings is 1. The number of piperidine rings is 1. The Morgan fingerprint density at radius 1 is 1.33 bits per heavy atom. The summed E-state index contributed by atoms with van der Waals surface area (Å²) in [5.74, 6) is 0. The number of carbonyl (C=O) groups excluding carboxylic acids is 2. The summed E-state index contributed by atoms with van der Waals surface area (Å²) >= 11 is 12.0. The molecule has 6 heteroatoms. The van der Waals surface area contributed by atoms with Crippen LogP contribution in [0.25, 0.3) is 0 Å². The van der Waals surface area contributed by atoms with Gasteiger partial charge >= 0.3 is 6.09 Å². The lowest BCUT2D eigenvalue weighted by atomic mass is 9.76. The van der Waals surface area contributed by atoms with Crippen LogP contribution in [0.15, 0.2) is 18.2 Å². The molecule has 0 radical (unpaired) electrons. The lowest BCUT2D eigenvalue weighted by Crippen LogP contribution is -2.49. The maximum atomic E-state index is 12.3. The van der Waals surface area contributed by atoms with Crippen LogP contribution < -0.4 is 0 Å². The summed E-state index contributed by atoms with van der Waals surface area (Å²) < 4.78 is 5.43. The zero-order valence-electron chi connectivity index (χ0n) is 14.3. The van der Waals surface area contributed by atoms with Crippen molar-refractivity contribution in [1.82, 2.24) is 4.90 Å². The number of nitrogens with zero attached hydrogens (tertiary/aromatic N) is 1. The SMILES string of the molecule is CC(C)(C)OC(=O)N1CCCC(C=O)(Cc2ccc(Cl)c(Cl)c2)C1. The summed E-state index contributed by atoms with van der Waals surface area (Å²) in [7, 11) is 0. The molecule has 0 N–H and O–H groups in total. The van der Waals surface area contributed by atoms with Crippen LogP contribution in [0.4, 0.5) is 4.79 Å². The third-order valence-corrected chi connectivity index (χ3v) is 4.79. The molecule has 1 atom stereocenters. The Hall–Kier alpha value is -1.26. The first-order chi connectivity index (χ1) is 11.1. The number of amides is 1. The summed E-state index contributed by atoms with van der Waals surface area (Å²) in [6, 6.07) is 5.37. The van der Waals surface area contributed by atoms with Gasteiger partial charge in [0.25, 0.3) is 0 Å². The van der Waals surface area contributed by atoms with Crippen LogP contribution in [-0.2, 0) is 16.0 Å². The molecule has 0 saturated carbocycles. The number of likely N-dealkylation sites (tertiary alicyclic amines) is 1. The van der Waals surface area contributed by atoms with Gasteiger partial charge in [-0.15, -0.1) is 0 Å². The van der Waals surface area contributed by atoms with Gasteiger partial charge in [0.05, 0.1) is 10.0 Å². The molecule has 1 amide bonds. The van der Waals surface area contributed by atoms with Crippen molar-refractivity contribution < 1.29 is 14.3 Å². The minimum absolute atomic E-state index is 0.353. The highest BCUT2D eigenvalue weighted by Crippen LogP contribution is 2.34. The Balaban J connectivity index is 2.14. The Morgan fingerprint density at radius 2 is 2.04 bits per heavy atom. The first-order valence-electron chi connectivity index (χ1n) is 8.02. The van der Waals surface area contributed by atoms with Crippen molar-refractivity contribution in [3.05, 3.63) is 33.8 Å². The van der Waals surface area contributed by atoms with Crippen LogP contribution in [0.5, 0.6) is 0 Å². The van der Waals surface area contributed by atoms with E-state index in [0.717, 1.165) is 24.7 Å². The van der Waals surface area contributed by atoms with Crippen LogP contribution in [0.2, 0.25) is 10.0 Å². The fraction of sp³-hybridized carbons (Fsp3) is 0.556. The number of ether oxygens (including phenoxy) is 1. The fourth-order valence-electron chi connectivity index (χ4n) is 2.98. The van der Waals surface area contributed by atoms with Crippen LogP contribution in [-0.4, -0.2) is 36.0 Å². The average molecular weight is 372 g/mol. The number of aldehydes is 1. The third-order valence-electron chi connectivity index (χ3n) is 4.05. The Labute approximate surface area is 153 Å². The van der Waals surface area contributed by atoms with Crippen molar-refractivity contribution in [3.8, 4) is 0 Å². The standard InChI is InChI=1S/C18H23Cl2NO3/c1-17(2,3)24-16(23)21-8-4-7-18(11-21,12-22)10-13-5-6-14(19)15(20)9-13/h5-6,9,12H,4,7-8,10-11H2,1-3H3. The summed E-state index contributed by atoms with van der Waals surface area (Å²) in [6.07, 6.45) is 2.61. The zero-order chi connectivity index (χ0) is 18.0. The number of rotatable bonds is 3. The smallest absolute Gasteiger partial charge is 0.410 e. The molecule has 0 aromatic heterocycles. The van der Waals surface area contributed by atoms with Gasteiger partial charge in [0.1, 0.15) is 11.9 Å². The van der Waals surface area contributed by atoms with Gasteiger partial charge in [-0.25, -0.2) is 4.79 Å². The summed E-state index contributed by atoms with van der Waals surface area (Å²) in [6.45, 7) is 6.45. The molecule has 1 heterocycles. The lowest BCUT2D eigenvalue weighted by molar-refractivity contribution is -0.119. The monoisotopic (exact) mass is 371 g/mol. The Kier molecular flexibility index (Phi) is 5.82. The molecular weight excluding hydrogens is 349 g/mol. The number of carbonyl (C=O) groups is 2. The van der Waals surface area contributed by atoms with Crippen molar-refractivity contribution in [2.75, 3.05) is 13.1 Å². The van der Waals surface area contributed by atoms with Crippen LogP contribution in [0, 0.1) is 5.41 Å². The van der Waals surface area contributed by atoms with Gasteiger partial charge in [-0.2, -0.15) is 0 Å². The van der Waals surface area contributed by atoms with Crippen LogP contribution >= 0.6 is 23.2 Å². The summed E-state index contributed by atoms with van der Waals surface area (Å²) in [5, 5.41) is 0.953. The highest BCUT2D eigenvalue weighted by Gasteiger charge is 2.38. The molecule has 2 rings (SSSR count). The highest BCUT2D eigenvalue weighted by atomic mass is 35.5. The second-order valence-electron chi connectivity index (χ2n) is 7.41. The highest BCUT2D eigenvalue weighted by molar-refractivity contribution is 6.42. The van der Waals surface area contributed by atoms with E-state index in [-0.39, 0.29) is 6.09 Å². The Bertz CT molecular complexity index is 627. The third kappa shape index (κ3) is 4.87. The quantitative estimate of drug-likeness (QED) is 0.720. The van der Waals surface area contributed by atoms with E-state index in [4.69, 9.17) is 27.9 Å². The van der Waals surface area contributed by atoms with E-state index in [0.29, 0.717) is 29.6 Å². The molecule has 1 unspecified atom stereocenters. The van der Waals surface area contributed by atoms with Gasteiger partial charge < -0.3 is 14.4 Å². The van der Waals surface area contributed by atoms with Gasteiger partial charge in [-0.3, -0.25) is 0 Å². The van der Waals surface area contributed by atoms with E-state index in [2.05, 4.69) is 0 Å². The summed E-state index contributed by atoms with van der Waals surface area (Å²) in [4.78, 5) is 25.8. The second kappa shape index (κ2) is 7.32. The van der Waals surface area contributed by atoms with Crippen molar-refractivity contribution in [2.24, 2.45) is 5.41 Å². The molecule has 4 nitrogen and oxygen atoms in total. The maximum Gasteiger partial charge on any atom is 0.410 e. The molecule has 1 saturated heterocycles. The molecule has 24 heavy (non-hydrogen) atoms. The van der Waals surface area contributed by atoms with E-state index in [1.165, 1.54) is 0 Å². The van der Waals surface area contributed by atoms with E-state index in [1.807, 2.05) is 26.8 Å². The molecule has 1 aliphatic heterocycles. The molecule has 1 fully saturated rings. The van der Waals surface area contributed by atoms with Gasteiger partial charge in [-0.1, -0.05) is 29.3 Å². The van der Waals surface area contributed by atoms with Gasteiger partial charge in [0.15, 0.2) is 0 Å². The van der Waals surface area contributed by atoms with Crippen LogP contribution in [0.3, 0.4) is 0 Å². The first kappa shape index (κ1) is 19.1. The molecule has 1 aromatic rings. The molecule has 0 spiro atoms. The van der Waals surface area contributed by atoms with Crippen molar-refractivity contribution in [3.63, 3.8) is 0 Å². The molecule has 1 aliphatic rings. The average Bonchev–Trinajstić information content (AvgIpc) is 2.49. The number of hydrogen-bond donors (Lipinski definition) is 0. The van der Waals surface area contributed by atoms with E-state index in [9.17, 15) is 9.59 Å². The maximum absolute atomic E-state index is 12.3. The lowest BCUT2D eigenvalue weighted by Gasteiger charge is -2.39. The molecular formula is C18H23Cl2NO3. The largest absolute Gasteiger partial charge is 0.444 e. The van der Waals surface area contributed by atoms with Crippen molar-refractivity contribution in [1.29, 1.82) is 0 Å². The minimum Gasteiger partial charge on any atom is -0.444 e. The van der Waals surface area contributed by atoms with Crippen molar-refractivity contribution in [2.45, 2.75) is 45.6 Å². The minimum atomic E-state index is -0.619. The van der Waals surface area contributed by atoms with Gasteiger partial charge in [0.2, 0.25) is 0 Å². The number of halogens is 2. The van der Waals surface area contributed by atoms with Crippen LogP contribution in [0.1, 0.15) is 39.2 Å². The topological polar surface area (TPSA) is 46.6 Å². The van der Waals surface area contributed by atoms with E-state index >= 15 is 0 Å². The summed E-state index contributed by atoms with van der Waals surface area (Å²) in [5.41, 5.74) is -0.239. The zero-order valence-corrected chi connectivity index (χ0v) is 15.8. The molecule has 132 valence electrons. The van der Waals surface area contributed by atoms with E-state index in [1.54, 1.807) is 17.0 Å². The Morgan fingerprint density at radius 3 is 2.62 bits per heavy atom. The van der Waals surface area contributed by atoms with E-state index < -0.39 is 11.0 Å². The molecule has 0 aliphatic carbocycles. The first-order valence-corrected chi connectivity index (χ1v) is 8.78. The normalized spacial score (nSPS) is 21.5. The fourth-order valence-corrected chi connectivity index (χ4v) is 3.30. The predicted octanol–water partition coefficient (Wildman–Crippen LogP) is 4.75. The van der Waals surface area contributed by atoms with Crippen molar-refractivity contribution >= 4 is 35.6 Å². The number of hydrogen-bond acceptors (Lipinski definition) is 3. The van der Waals surface area contributed by atoms with Gasteiger partial charge in [0, 0.05) is 18.5 Å². The molecule has 0 bridgehead atoms.